The van der Waals surface area contributed by atoms with Crippen molar-refractivity contribution in [1.29, 1.82) is 0 Å². The molecule has 1 aromatic rings. The molecule has 1 amide bonds. The van der Waals surface area contributed by atoms with Gasteiger partial charge in [0.25, 0.3) is 0 Å². The van der Waals surface area contributed by atoms with Crippen LogP contribution in [0.15, 0.2) is 24.3 Å². The number of hydrogen-bond donors (Lipinski definition) is 1. The summed E-state index contributed by atoms with van der Waals surface area (Å²) in [6, 6.07) is 6.98. The molecule has 0 unspecified atom stereocenters. The van der Waals surface area contributed by atoms with Gasteiger partial charge in [-0.25, -0.2) is 8.42 Å². The van der Waals surface area contributed by atoms with Crippen molar-refractivity contribution in [2.75, 3.05) is 39.6 Å². The Morgan fingerprint density at radius 1 is 1.21 bits per heavy atom. The molecule has 0 fully saturated rings. The Hall–Kier alpha value is -1.80. The monoisotopic (exact) mass is 358 g/mol. The number of amides is 1. The second kappa shape index (κ2) is 9.48. The molecule has 0 atom stereocenters. The van der Waals surface area contributed by atoms with E-state index in [-0.39, 0.29) is 25.6 Å². The van der Waals surface area contributed by atoms with Gasteiger partial charge in [0.05, 0.1) is 19.9 Å². The maximum Gasteiger partial charge on any atom is 0.235 e. The number of hydrogen-bond acceptors (Lipinski definition) is 5. The lowest BCUT2D eigenvalue weighted by Gasteiger charge is -2.20. The molecular weight excluding hydrogens is 332 g/mol. The van der Waals surface area contributed by atoms with Crippen LogP contribution >= 0.6 is 0 Å². The summed E-state index contributed by atoms with van der Waals surface area (Å²) < 4.78 is 35.3. The zero-order valence-electron chi connectivity index (χ0n) is 14.6. The van der Waals surface area contributed by atoms with Gasteiger partial charge in [0, 0.05) is 13.1 Å². The third kappa shape index (κ3) is 7.65. The average molecular weight is 358 g/mol. The molecule has 1 rings (SSSR count). The molecule has 0 aliphatic heterocycles. The molecule has 0 aliphatic carbocycles. The predicted octanol–water partition coefficient (Wildman–Crippen LogP) is 1.11. The molecule has 0 aromatic heterocycles. The highest BCUT2D eigenvalue weighted by atomic mass is 32.2. The topological polar surface area (TPSA) is 84.9 Å². The van der Waals surface area contributed by atoms with Crippen LogP contribution in [0.3, 0.4) is 0 Å². The highest BCUT2D eigenvalue weighted by molar-refractivity contribution is 7.88. The quantitative estimate of drug-likeness (QED) is 0.677. The Morgan fingerprint density at radius 3 is 2.29 bits per heavy atom. The smallest absolute Gasteiger partial charge is 0.235 e. The average Bonchev–Trinajstić information content (AvgIpc) is 2.51. The fourth-order valence-corrected chi connectivity index (χ4v) is 2.59. The summed E-state index contributed by atoms with van der Waals surface area (Å²) in [5.74, 6) is 1.30. The van der Waals surface area contributed by atoms with Crippen molar-refractivity contribution in [3.05, 3.63) is 24.3 Å². The van der Waals surface area contributed by atoms with Crippen LogP contribution in [-0.2, 0) is 14.8 Å². The number of carbonyl (C=O) groups excluding carboxylic acids is 1. The van der Waals surface area contributed by atoms with Crippen molar-refractivity contribution < 1.29 is 22.7 Å². The van der Waals surface area contributed by atoms with Crippen LogP contribution in [0.25, 0.3) is 0 Å². The third-order valence-corrected chi connectivity index (χ3v) is 4.42. The largest absolute Gasteiger partial charge is 0.497 e. The Kier molecular flexibility index (Phi) is 8.00. The van der Waals surface area contributed by atoms with Gasteiger partial charge < -0.3 is 14.8 Å². The summed E-state index contributed by atoms with van der Waals surface area (Å²) in [7, 11) is -1.92. The van der Waals surface area contributed by atoms with Gasteiger partial charge in [0.15, 0.2) is 0 Å². The fourth-order valence-electron chi connectivity index (χ4n) is 1.83. The Bertz CT molecular complexity index is 614. The summed E-state index contributed by atoms with van der Waals surface area (Å²) in [6.45, 7) is 4.49. The van der Waals surface area contributed by atoms with Crippen molar-refractivity contribution in [2.24, 2.45) is 5.92 Å². The zero-order valence-corrected chi connectivity index (χ0v) is 15.4. The molecule has 136 valence electrons. The SMILES string of the molecule is COc1ccc(OCCN(CC(=O)NCC(C)C)S(C)(=O)=O)cc1. The van der Waals surface area contributed by atoms with E-state index >= 15 is 0 Å². The summed E-state index contributed by atoms with van der Waals surface area (Å²) in [4.78, 5) is 11.8. The molecule has 0 spiro atoms. The molecule has 1 aromatic carbocycles. The van der Waals surface area contributed by atoms with E-state index in [1.165, 1.54) is 0 Å². The molecule has 8 heteroatoms. The summed E-state index contributed by atoms with van der Waals surface area (Å²) >= 11 is 0. The molecule has 0 saturated carbocycles. The Labute approximate surface area is 144 Å². The number of rotatable bonds is 10. The van der Waals surface area contributed by atoms with Crippen molar-refractivity contribution in [3.63, 3.8) is 0 Å². The molecular formula is C16H26N2O5S. The van der Waals surface area contributed by atoms with E-state index in [2.05, 4.69) is 5.32 Å². The molecule has 0 saturated heterocycles. The number of ether oxygens (including phenoxy) is 2. The fraction of sp³-hybridized carbons (Fsp3) is 0.562. The molecule has 0 bridgehead atoms. The van der Waals surface area contributed by atoms with Crippen LogP contribution in [0.5, 0.6) is 11.5 Å². The maximum atomic E-state index is 11.8. The first-order chi connectivity index (χ1) is 11.2. The van der Waals surface area contributed by atoms with Gasteiger partial charge in [-0.3, -0.25) is 4.79 Å². The molecule has 0 aliphatic rings. The van der Waals surface area contributed by atoms with E-state index in [1.54, 1.807) is 31.4 Å². The van der Waals surface area contributed by atoms with Crippen LogP contribution in [0.1, 0.15) is 13.8 Å². The van der Waals surface area contributed by atoms with Crippen molar-refractivity contribution in [1.82, 2.24) is 9.62 Å². The first-order valence-electron chi connectivity index (χ1n) is 7.71. The molecule has 0 heterocycles. The third-order valence-electron chi connectivity index (χ3n) is 3.17. The minimum Gasteiger partial charge on any atom is -0.497 e. The number of sulfonamides is 1. The van der Waals surface area contributed by atoms with Crippen LogP contribution in [0.4, 0.5) is 0 Å². The standard InChI is InChI=1S/C16H26N2O5S/c1-13(2)11-17-16(19)12-18(24(4,20)21)9-10-23-15-7-5-14(22-3)6-8-15/h5-8,13H,9-12H2,1-4H3,(H,17,19). The van der Waals surface area contributed by atoms with Gasteiger partial charge >= 0.3 is 0 Å². The highest BCUT2D eigenvalue weighted by Crippen LogP contribution is 2.16. The van der Waals surface area contributed by atoms with Crippen molar-refractivity contribution >= 4 is 15.9 Å². The second-order valence-corrected chi connectivity index (χ2v) is 7.80. The van der Waals surface area contributed by atoms with Gasteiger partial charge in [-0.2, -0.15) is 4.31 Å². The summed E-state index contributed by atoms with van der Waals surface area (Å²) in [5.41, 5.74) is 0. The van der Waals surface area contributed by atoms with Crippen LogP contribution in [0, 0.1) is 5.92 Å². The summed E-state index contributed by atoms with van der Waals surface area (Å²) in [5, 5.41) is 2.71. The van der Waals surface area contributed by atoms with Crippen molar-refractivity contribution in [2.45, 2.75) is 13.8 Å². The molecule has 7 nitrogen and oxygen atoms in total. The maximum absolute atomic E-state index is 11.8. The second-order valence-electron chi connectivity index (χ2n) is 5.82. The highest BCUT2D eigenvalue weighted by Gasteiger charge is 2.20. The molecule has 0 radical (unpaired) electrons. The van der Waals surface area contributed by atoms with Crippen LogP contribution in [-0.4, -0.2) is 58.2 Å². The first-order valence-corrected chi connectivity index (χ1v) is 9.56. The van der Waals surface area contributed by atoms with E-state index in [0.717, 1.165) is 10.6 Å². The van der Waals surface area contributed by atoms with Gasteiger partial charge in [0.2, 0.25) is 15.9 Å². The van der Waals surface area contributed by atoms with E-state index in [1.807, 2.05) is 13.8 Å². The number of nitrogens with zero attached hydrogens (tertiary/aromatic N) is 1. The Balaban J connectivity index is 2.52. The predicted molar refractivity (Wildman–Crippen MR) is 92.8 cm³/mol. The van der Waals surface area contributed by atoms with Gasteiger partial charge in [-0.05, 0) is 30.2 Å². The van der Waals surface area contributed by atoms with Crippen LogP contribution in [0.2, 0.25) is 0 Å². The minimum absolute atomic E-state index is 0.0972. The Morgan fingerprint density at radius 2 is 1.79 bits per heavy atom. The lowest BCUT2D eigenvalue weighted by atomic mass is 10.2. The van der Waals surface area contributed by atoms with E-state index < -0.39 is 10.0 Å². The molecule has 1 N–H and O–H groups in total. The van der Waals surface area contributed by atoms with E-state index in [4.69, 9.17) is 9.47 Å². The van der Waals surface area contributed by atoms with Crippen molar-refractivity contribution in [3.8, 4) is 11.5 Å². The number of benzene rings is 1. The molecule has 24 heavy (non-hydrogen) atoms. The van der Waals surface area contributed by atoms with E-state index in [0.29, 0.717) is 24.0 Å². The van der Waals surface area contributed by atoms with Gasteiger partial charge in [-0.1, -0.05) is 13.8 Å². The number of nitrogens with one attached hydrogen (secondary N) is 1. The number of carbonyl (C=O) groups is 1. The number of methoxy groups -OCH3 is 1. The summed E-state index contributed by atoms with van der Waals surface area (Å²) in [6.07, 6.45) is 1.08. The minimum atomic E-state index is -3.49. The first kappa shape index (κ1) is 20.2. The zero-order chi connectivity index (χ0) is 18.2. The normalized spacial score (nSPS) is 11.6. The lowest BCUT2D eigenvalue weighted by Crippen LogP contribution is -2.42. The lowest BCUT2D eigenvalue weighted by molar-refractivity contribution is -0.121. The van der Waals surface area contributed by atoms with Gasteiger partial charge in [0.1, 0.15) is 18.1 Å². The van der Waals surface area contributed by atoms with E-state index in [9.17, 15) is 13.2 Å². The van der Waals surface area contributed by atoms with Gasteiger partial charge in [-0.15, -0.1) is 0 Å². The van der Waals surface area contributed by atoms with Crippen LogP contribution < -0.4 is 14.8 Å².